The minimum atomic E-state index is 0.0141. The molecule has 101 heavy (non-hydrogen) atoms. The first-order chi connectivity index (χ1) is 49.1. The van der Waals surface area contributed by atoms with Crippen LogP contribution >= 0.6 is 34.8 Å². The maximum absolute atomic E-state index is 13.2. The summed E-state index contributed by atoms with van der Waals surface area (Å²) in [5.41, 5.74) is 12.1. The smallest absolute Gasteiger partial charge is 0.306 e. The molecule has 3 aliphatic rings. The molecule has 0 amide bonds. The standard InChI is InChI=1S/C24H26N4O.C24H22N4O.C14H13ClN2.C10H10N2O.C9H6Cl2N2/c2*1-16(2)11-14-20-18-7-3-4-8-19(18)25-23(26-20)15-27-21-9-5-6-10-22(21)28(24(27)29)17-12-13-17;1-10(2)7-8-13-11-5-3-4-6-12(11)16-14(9-15)17-13;13-10-11-8-3-1-2-4-9(8)12(10)7-5-6-7;10-5-8-12-7-4-2-1-3-6(7)9(11)13-8/h3-10,16-17H,11-15H2,1-2H3;3-10,16-17H,12-13,15H2,1-2H3;3-6,10H,9H2,1-2H3;1-4,7H,5-6H2,(H,11,13);1-4H,5H2. The summed E-state index contributed by atoms with van der Waals surface area (Å²) < 4.78 is 9.38. The Hall–Kier alpha value is -10.3. The summed E-state index contributed by atoms with van der Waals surface area (Å²) in [6.07, 6.45) is 8.58. The first-order valence-corrected chi connectivity index (χ1v) is 36.0. The Morgan fingerprint density at radius 2 is 0.802 bits per heavy atom. The number of aryl methyl sites for hydroxylation is 1. The van der Waals surface area contributed by atoms with E-state index >= 15 is 0 Å². The molecule has 14 aromatic rings. The normalized spacial score (nSPS) is 13.3. The molecule has 0 spiro atoms. The van der Waals surface area contributed by atoms with Crippen molar-refractivity contribution in [2.45, 2.75) is 136 Å². The number of hydrogen-bond donors (Lipinski definition) is 1. The molecule has 7 heterocycles. The highest BCUT2D eigenvalue weighted by Gasteiger charge is 2.31. The zero-order chi connectivity index (χ0) is 70.3. The van der Waals surface area contributed by atoms with E-state index in [4.69, 9.17) is 54.7 Å². The van der Waals surface area contributed by atoms with E-state index in [0.29, 0.717) is 77.4 Å². The largest absolute Gasteiger partial charge is 0.329 e. The van der Waals surface area contributed by atoms with Crippen molar-refractivity contribution in [3.05, 3.63) is 247 Å². The molecule has 7 aromatic heterocycles. The number of imidazole rings is 3. The lowest BCUT2D eigenvalue weighted by Crippen LogP contribution is -2.25. The van der Waals surface area contributed by atoms with Gasteiger partial charge in [0.25, 0.3) is 0 Å². The van der Waals surface area contributed by atoms with Crippen LogP contribution in [0, 0.1) is 41.4 Å². The summed E-state index contributed by atoms with van der Waals surface area (Å²) in [5, 5.41) is 4.36. The van der Waals surface area contributed by atoms with Crippen LogP contribution in [-0.4, -0.2) is 67.7 Å². The molecule has 0 bridgehead atoms. The number of halogens is 3. The molecule has 17 nitrogen and oxygen atoms in total. The summed E-state index contributed by atoms with van der Waals surface area (Å²) in [4.78, 5) is 76.9. The van der Waals surface area contributed by atoms with Gasteiger partial charge in [-0.25, -0.2) is 54.3 Å². The molecule has 0 atom stereocenters. The fraction of sp³-hybridized carbons (Fsp3) is 0.296. The van der Waals surface area contributed by atoms with Crippen molar-refractivity contribution < 1.29 is 0 Å². The van der Waals surface area contributed by atoms with Crippen LogP contribution in [0.3, 0.4) is 0 Å². The fourth-order valence-corrected chi connectivity index (χ4v) is 12.7. The Morgan fingerprint density at radius 3 is 1.28 bits per heavy atom. The third kappa shape index (κ3) is 16.1. The van der Waals surface area contributed by atoms with E-state index in [2.05, 4.69) is 96.2 Å². The lowest BCUT2D eigenvalue weighted by atomic mass is 10.0. The number of aromatic nitrogens is 14. The monoisotopic (exact) mass is 1400 g/mol. The van der Waals surface area contributed by atoms with Gasteiger partial charge in [-0.15, -0.1) is 23.2 Å². The van der Waals surface area contributed by atoms with Crippen LogP contribution in [0.2, 0.25) is 5.15 Å². The summed E-state index contributed by atoms with van der Waals surface area (Å²) in [5.74, 6) is 16.9. The van der Waals surface area contributed by atoms with Gasteiger partial charge >= 0.3 is 17.1 Å². The van der Waals surface area contributed by atoms with E-state index < -0.39 is 0 Å². The van der Waals surface area contributed by atoms with Crippen molar-refractivity contribution >= 4 is 112 Å². The first kappa shape index (κ1) is 69.2. The zero-order valence-electron chi connectivity index (χ0n) is 57.3. The third-order valence-electron chi connectivity index (χ3n) is 17.5. The van der Waals surface area contributed by atoms with Gasteiger partial charge in [0.1, 0.15) is 39.8 Å². The third-order valence-corrected chi connectivity index (χ3v) is 18.3. The van der Waals surface area contributed by atoms with Gasteiger partial charge in [0.15, 0.2) is 0 Å². The number of para-hydroxylation sites is 10. The van der Waals surface area contributed by atoms with E-state index in [1.165, 1.54) is 0 Å². The zero-order valence-corrected chi connectivity index (χ0v) is 59.6. The molecule has 0 unspecified atom stereocenters. The van der Waals surface area contributed by atoms with Gasteiger partial charge in [-0.2, -0.15) is 0 Å². The van der Waals surface area contributed by atoms with E-state index in [1.54, 1.807) is 4.57 Å². The van der Waals surface area contributed by atoms with Crippen LogP contribution in [0.4, 0.5) is 0 Å². The number of alkyl halides is 2. The van der Waals surface area contributed by atoms with Crippen LogP contribution in [0.25, 0.3) is 76.7 Å². The van der Waals surface area contributed by atoms with Gasteiger partial charge in [0.2, 0.25) is 0 Å². The quantitative estimate of drug-likeness (QED) is 0.0694. The van der Waals surface area contributed by atoms with Gasteiger partial charge < -0.3 is 4.98 Å². The molecule has 0 saturated heterocycles. The highest BCUT2D eigenvalue weighted by molar-refractivity contribution is 6.34. The van der Waals surface area contributed by atoms with Crippen molar-refractivity contribution in [2.24, 2.45) is 17.8 Å². The molecule has 7 aromatic carbocycles. The van der Waals surface area contributed by atoms with E-state index in [1.807, 2.05) is 182 Å². The minimum Gasteiger partial charge on any atom is -0.306 e. The average Bonchev–Trinajstić information content (AvgIpc) is 1.62. The minimum absolute atomic E-state index is 0.0141. The second-order valence-electron chi connectivity index (χ2n) is 26.6. The molecule has 1 N–H and O–H groups in total. The highest BCUT2D eigenvalue weighted by Crippen LogP contribution is 2.38. The Balaban J connectivity index is 0.000000118. The molecule has 3 fully saturated rings. The number of H-pyrrole nitrogens is 1. The Kier molecular flexibility index (Phi) is 21.3. The number of fused-ring (bicyclic) bond motifs is 7. The lowest BCUT2D eigenvalue weighted by Gasteiger charge is -2.10. The second-order valence-corrected chi connectivity index (χ2v) is 27.5. The van der Waals surface area contributed by atoms with Gasteiger partial charge in [-0.1, -0.05) is 156 Å². The number of aromatic amines is 1. The van der Waals surface area contributed by atoms with Gasteiger partial charge in [0.05, 0.1) is 85.7 Å². The summed E-state index contributed by atoms with van der Waals surface area (Å²) >= 11 is 17.3. The molecule has 3 saturated carbocycles. The van der Waals surface area contributed by atoms with Gasteiger partial charge in [-0.3, -0.25) is 22.8 Å². The number of benzene rings is 7. The van der Waals surface area contributed by atoms with Gasteiger partial charge in [-0.05, 0) is 148 Å². The number of hydrogen-bond acceptors (Lipinski definition) is 11. The van der Waals surface area contributed by atoms with Crippen LogP contribution in [0.15, 0.2) is 184 Å². The Bertz CT molecular complexity index is 5690. The van der Waals surface area contributed by atoms with Crippen molar-refractivity contribution in [1.82, 2.24) is 67.7 Å². The SMILES string of the molecule is CC(C)C#Cc1nc(CCl)nc2ccccc12.CC(C)C#Cc1nc(Cn2c(=O)n(C3CC3)c3ccccc32)nc2ccccc12.CC(C)CCc1nc(Cn2c(=O)n(C3CC3)c3ccccc32)nc2ccccc12.ClCc1nc(Cl)c2ccccc2n1.O=c1[nH]c2ccccc2n1C1CC1. The topological polar surface area (TPSA) is 195 Å². The Labute approximate surface area is 599 Å². The number of nitrogens with zero attached hydrogens (tertiary/aromatic N) is 13. The van der Waals surface area contributed by atoms with Crippen molar-refractivity contribution in [2.75, 3.05) is 0 Å². The number of rotatable bonds is 12. The van der Waals surface area contributed by atoms with Gasteiger partial charge in [0, 0.05) is 51.5 Å². The maximum atomic E-state index is 13.2. The predicted molar refractivity (Wildman–Crippen MR) is 407 cm³/mol. The lowest BCUT2D eigenvalue weighted by molar-refractivity contribution is 0.580. The molecule has 0 aliphatic heterocycles. The van der Waals surface area contributed by atoms with Crippen molar-refractivity contribution in [1.29, 1.82) is 0 Å². The maximum Gasteiger partial charge on any atom is 0.329 e. The average molecular weight is 1400 g/mol. The molecule has 510 valence electrons. The van der Waals surface area contributed by atoms with E-state index in [0.717, 1.165) is 145 Å². The highest BCUT2D eigenvalue weighted by atomic mass is 35.5. The first-order valence-electron chi connectivity index (χ1n) is 34.5. The summed E-state index contributed by atoms with van der Waals surface area (Å²) in [6.45, 7) is 13.4. The van der Waals surface area contributed by atoms with Crippen molar-refractivity contribution in [3.8, 4) is 23.7 Å². The van der Waals surface area contributed by atoms with Crippen molar-refractivity contribution in [3.63, 3.8) is 0 Å². The Morgan fingerprint density at radius 1 is 0.426 bits per heavy atom. The fourth-order valence-electron chi connectivity index (χ4n) is 12.2. The van der Waals surface area contributed by atoms with E-state index in [9.17, 15) is 14.4 Å². The van der Waals surface area contributed by atoms with Crippen LogP contribution in [-0.2, 0) is 31.3 Å². The summed E-state index contributed by atoms with van der Waals surface area (Å²) in [7, 11) is 0. The second kappa shape index (κ2) is 31.1. The molecule has 20 heteroatoms. The molecule has 0 radical (unpaired) electrons. The van der Waals surface area contributed by atoms with Crippen LogP contribution in [0.1, 0.15) is 145 Å². The van der Waals surface area contributed by atoms with E-state index in [-0.39, 0.29) is 28.9 Å². The molecule has 3 aliphatic carbocycles. The van der Waals surface area contributed by atoms with Crippen LogP contribution in [0.5, 0.6) is 0 Å². The van der Waals surface area contributed by atoms with Crippen LogP contribution < -0.4 is 17.1 Å². The molecule has 17 rings (SSSR count). The number of nitrogens with one attached hydrogen (secondary N) is 1. The molecular weight excluding hydrogens is 1320 g/mol. The summed E-state index contributed by atoms with van der Waals surface area (Å²) in [6, 6.07) is 56.5. The molecular formula is C81H77Cl3N14O3. The predicted octanol–water partition coefficient (Wildman–Crippen LogP) is 16.9.